The van der Waals surface area contributed by atoms with Gasteiger partial charge in [-0.05, 0) is 19.9 Å². The van der Waals surface area contributed by atoms with E-state index in [9.17, 15) is 0 Å². The average Bonchev–Trinajstić information content (AvgIpc) is 2.26. The highest BCUT2D eigenvalue weighted by Gasteiger charge is 2.28. The van der Waals surface area contributed by atoms with E-state index in [2.05, 4.69) is 25.1 Å². The van der Waals surface area contributed by atoms with Crippen LogP contribution in [0.25, 0.3) is 0 Å². The zero-order chi connectivity index (χ0) is 12.5. The largest absolute Gasteiger partial charge is 0.338 e. The van der Waals surface area contributed by atoms with Crippen molar-refractivity contribution in [3.63, 3.8) is 0 Å². The summed E-state index contributed by atoms with van der Waals surface area (Å²) in [4.78, 5) is 14.0. The highest BCUT2D eigenvalue weighted by molar-refractivity contribution is 5.33. The minimum absolute atomic E-state index is 0.757. The maximum atomic E-state index is 4.55. The van der Waals surface area contributed by atoms with E-state index in [1.54, 1.807) is 0 Å². The summed E-state index contributed by atoms with van der Waals surface area (Å²) in [5.41, 5.74) is 2.12. The molecule has 3 heterocycles. The fraction of sp³-hybridized carbons (Fsp3) is 0.692. The Kier molecular flexibility index (Phi) is 3.18. The third kappa shape index (κ3) is 2.33. The number of aromatic nitrogens is 2. The van der Waals surface area contributed by atoms with Crippen LogP contribution in [0.1, 0.15) is 11.4 Å². The van der Waals surface area contributed by atoms with Crippen LogP contribution < -0.4 is 10.2 Å². The Morgan fingerprint density at radius 1 is 1.06 bits per heavy atom. The molecule has 18 heavy (non-hydrogen) atoms. The Balaban J connectivity index is 1.64. The third-order valence-electron chi connectivity index (χ3n) is 3.84. The molecule has 1 N–H and O–H groups in total. The first kappa shape index (κ1) is 11.9. The molecule has 0 amide bonds. The van der Waals surface area contributed by atoms with Crippen molar-refractivity contribution in [1.82, 2.24) is 20.2 Å². The molecule has 2 aliphatic heterocycles. The molecule has 98 valence electrons. The lowest BCUT2D eigenvalue weighted by Gasteiger charge is -2.43. The maximum absolute atomic E-state index is 4.55. The summed E-state index contributed by atoms with van der Waals surface area (Å²) in [7, 11) is 0. The van der Waals surface area contributed by atoms with Crippen molar-refractivity contribution in [2.24, 2.45) is 0 Å². The average molecular weight is 247 g/mol. The predicted octanol–water partition coefficient (Wildman–Crippen LogP) is 0.187. The summed E-state index contributed by atoms with van der Waals surface area (Å²) >= 11 is 0. The lowest BCUT2D eigenvalue weighted by molar-refractivity contribution is 0.137. The number of aryl methyl sites for hydroxylation is 2. The zero-order valence-corrected chi connectivity index (χ0v) is 11.2. The van der Waals surface area contributed by atoms with Crippen LogP contribution in [0.5, 0.6) is 0 Å². The summed E-state index contributed by atoms with van der Waals surface area (Å²) in [6.07, 6.45) is 0. The molecule has 3 rings (SSSR count). The van der Waals surface area contributed by atoms with Crippen LogP contribution in [0.15, 0.2) is 6.07 Å². The molecule has 2 saturated heterocycles. The predicted molar refractivity (Wildman–Crippen MR) is 71.9 cm³/mol. The van der Waals surface area contributed by atoms with Gasteiger partial charge in [-0.25, -0.2) is 9.97 Å². The van der Waals surface area contributed by atoms with Gasteiger partial charge in [-0.15, -0.1) is 0 Å². The van der Waals surface area contributed by atoms with Crippen LogP contribution in [0, 0.1) is 13.8 Å². The van der Waals surface area contributed by atoms with Gasteiger partial charge in [-0.2, -0.15) is 0 Å². The summed E-state index contributed by atoms with van der Waals surface area (Å²) in [5, 5.41) is 3.34. The first-order valence-corrected chi connectivity index (χ1v) is 6.74. The van der Waals surface area contributed by atoms with E-state index >= 15 is 0 Å². The number of anilines is 1. The smallest absolute Gasteiger partial charge is 0.225 e. The Labute approximate surface area is 108 Å². The molecule has 0 radical (unpaired) electrons. The second kappa shape index (κ2) is 4.82. The molecule has 0 aliphatic carbocycles. The van der Waals surface area contributed by atoms with E-state index in [-0.39, 0.29) is 0 Å². The van der Waals surface area contributed by atoms with Gasteiger partial charge in [-0.3, -0.25) is 4.90 Å². The minimum atomic E-state index is 0.757. The Morgan fingerprint density at radius 2 is 1.67 bits per heavy atom. The van der Waals surface area contributed by atoms with E-state index in [1.807, 2.05) is 19.9 Å². The SMILES string of the molecule is Cc1cc(C)nc(N2CCN(C3CNC3)CC2)n1. The lowest BCUT2D eigenvalue weighted by Crippen LogP contribution is -2.61. The fourth-order valence-electron chi connectivity index (χ4n) is 2.67. The first-order chi connectivity index (χ1) is 8.72. The molecule has 0 unspecified atom stereocenters. The number of hydrogen-bond donors (Lipinski definition) is 1. The summed E-state index contributed by atoms with van der Waals surface area (Å²) in [6, 6.07) is 2.78. The normalized spacial score (nSPS) is 22.0. The molecule has 0 aromatic carbocycles. The minimum Gasteiger partial charge on any atom is -0.338 e. The third-order valence-corrected chi connectivity index (χ3v) is 3.84. The topological polar surface area (TPSA) is 44.3 Å². The molecule has 1 aromatic rings. The van der Waals surface area contributed by atoms with Gasteiger partial charge in [-0.1, -0.05) is 0 Å². The van der Waals surface area contributed by atoms with Crippen molar-refractivity contribution in [2.45, 2.75) is 19.9 Å². The standard InChI is InChI=1S/C13H21N5/c1-10-7-11(2)16-13(15-10)18-5-3-17(4-6-18)12-8-14-9-12/h7,12,14H,3-6,8-9H2,1-2H3. The van der Waals surface area contributed by atoms with Crippen LogP contribution in [-0.2, 0) is 0 Å². The van der Waals surface area contributed by atoms with Crippen LogP contribution in [-0.4, -0.2) is 60.2 Å². The highest BCUT2D eigenvalue weighted by atomic mass is 15.3. The van der Waals surface area contributed by atoms with Gasteiger partial charge in [0.25, 0.3) is 0 Å². The van der Waals surface area contributed by atoms with Crippen LogP contribution in [0.4, 0.5) is 5.95 Å². The van der Waals surface area contributed by atoms with Gasteiger partial charge >= 0.3 is 0 Å². The molecule has 5 nitrogen and oxygen atoms in total. The fourth-order valence-corrected chi connectivity index (χ4v) is 2.67. The zero-order valence-electron chi connectivity index (χ0n) is 11.2. The Hall–Kier alpha value is -1.20. The van der Waals surface area contributed by atoms with E-state index < -0.39 is 0 Å². The Morgan fingerprint density at radius 3 is 2.17 bits per heavy atom. The van der Waals surface area contributed by atoms with Crippen LogP contribution >= 0.6 is 0 Å². The summed E-state index contributed by atoms with van der Waals surface area (Å²) in [6.45, 7) is 10.7. The van der Waals surface area contributed by atoms with E-state index in [1.165, 1.54) is 0 Å². The lowest BCUT2D eigenvalue weighted by atomic mass is 10.1. The maximum Gasteiger partial charge on any atom is 0.225 e. The van der Waals surface area contributed by atoms with Gasteiger partial charge in [0.2, 0.25) is 5.95 Å². The molecule has 0 spiro atoms. The number of rotatable bonds is 2. The van der Waals surface area contributed by atoms with Gasteiger partial charge in [0, 0.05) is 56.7 Å². The second-order valence-corrected chi connectivity index (χ2v) is 5.29. The first-order valence-electron chi connectivity index (χ1n) is 6.74. The van der Waals surface area contributed by atoms with Crippen molar-refractivity contribution in [3.05, 3.63) is 17.5 Å². The van der Waals surface area contributed by atoms with Gasteiger partial charge in [0.05, 0.1) is 0 Å². The molecule has 0 bridgehead atoms. The van der Waals surface area contributed by atoms with Crippen LogP contribution in [0.2, 0.25) is 0 Å². The van der Waals surface area contributed by atoms with Crippen molar-refractivity contribution >= 4 is 5.95 Å². The van der Waals surface area contributed by atoms with E-state index in [4.69, 9.17) is 0 Å². The quantitative estimate of drug-likeness (QED) is 0.808. The molecule has 0 atom stereocenters. The Bertz CT molecular complexity index is 401. The summed E-state index contributed by atoms with van der Waals surface area (Å²) in [5.74, 6) is 0.902. The molecule has 0 saturated carbocycles. The van der Waals surface area contributed by atoms with E-state index in [0.717, 1.165) is 62.6 Å². The van der Waals surface area contributed by atoms with Crippen LogP contribution in [0.3, 0.4) is 0 Å². The molecule has 2 aliphatic rings. The van der Waals surface area contributed by atoms with Gasteiger partial charge < -0.3 is 10.2 Å². The molecule has 2 fully saturated rings. The van der Waals surface area contributed by atoms with Gasteiger partial charge in [0.1, 0.15) is 0 Å². The molecule has 1 aromatic heterocycles. The molecular weight excluding hydrogens is 226 g/mol. The number of piperazine rings is 1. The molecular formula is C13H21N5. The number of hydrogen-bond acceptors (Lipinski definition) is 5. The van der Waals surface area contributed by atoms with Crippen molar-refractivity contribution in [3.8, 4) is 0 Å². The van der Waals surface area contributed by atoms with Crippen molar-refractivity contribution in [1.29, 1.82) is 0 Å². The number of nitrogens with zero attached hydrogens (tertiary/aromatic N) is 4. The second-order valence-electron chi connectivity index (χ2n) is 5.29. The van der Waals surface area contributed by atoms with Crippen molar-refractivity contribution < 1.29 is 0 Å². The van der Waals surface area contributed by atoms with Crippen molar-refractivity contribution in [2.75, 3.05) is 44.2 Å². The van der Waals surface area contributed by atoms with E-state index in [0.29, 0.717) is 0 Å². The molecule has 5 heteroatoms. The number of nitrogens with one attached hydrogen (secondary N) is 1. The van der Waals surface area contributed by atoms with Gasteiger partial charge in [0.15, 0.2) is 0 Å². The summed E-state index contributed by atoms with van der Waals surface area (Å²) < 4.78 is 0. The highest BCUT2D eigenvalue weighted by Crippen LogP contribution is 2.15. The monoisotopic (exact) mass is 247 g/mol.